The maximum absolute atomic E-state index is 13.5. The van der Waals surface area contributed by atoms with Crippen molar-refractivity contribution in [3.05, 3.63) is 48.4 Å². The molecule has 2 aliphatic heterocycles. The van der Waals surface area contributed by atoms with Crippen molar-refractivity contribution in [3.63, 3.8) is 0 Å². The molecule has 2 saturated heterocycles. The van der Waals surface area contributed by atoms with Gasteiger partial charge in [0.2, 0.25) is 0 Å². The van der Waals surface area contributed by atoms with Gasteiger partial charge >= 0.3 is 6.09 Å². The molecule has 212 valence electrons. The van der Waals surface area contributed by atoms with Crippen LogP contribution >= 0.6 is 0 Å². The lowest BCUT2D eigenvalue weighted by atomic mass is 9.90. The van der Waals surface area contributed by atoms with Crippen LogP contribution in [-0.2, 0) is 4.74 Å². The summed E-state index contributed by atoms with van der Waals surface area (Å²) in [4.78, 5) is 40.9. The van der Waals surface area contributed by atoms with Gasteiger partial charge in [0.15, 0.2) is 5.69 Å². The summed E-state index contributed by atoms with van der Waals surface area (Å²) >= 11 is 0. The normalized spacial score (nSPS) is 21.8. The van der Waals surface area contributed by atoms with Crippen LogP contribution in [0.3, 0.4) is 0 Å². The third kappa shape index (κ3) is 5.73. The number of pyridine rings is 2. The summed E-state index contributed by atoms with van der Waals surface area (Å²) < 4.78 is 4.75. The molecule has 2 aromatic heterocycles. The lowest BCUT2D eigenvalue weighted by Gasteiger charge is -2.42. The summed E-state index contributed by atoms with van der Waals surface area (Å²) in [5.74, 6) is -0.384. The Morgan fingerprint density at radius 1 is 1.07 bits per heavy atom. The van der Waals surface area contributed by atoms with Crippen LogP contribution in [0.15, 0.2) is 42.7 Å². The van der Waals surface area contributed by atoms with Crippen LogP contribution in [0.5, 0.6) is 0 Å². The molecule has 0 saturated carbocycles. The van der Waals surface area contributed by atoms with Crippen molar-refractivity contribution >= 4 is 45.7 Å². The van der Waals surface area contributed by atoms with E-state index in [4.69, 9.17) is 16.2 Å². The minimum absolute atomic E-state index is 0.0341. The van der Waals surface area contributed by atoms with E-state index in [1.807, 2.05) is 25.1 Å². The summed E-state index contributed by atoms with van der Waals surface area (Å²) in [7, 11) is 3.45. The molecule has 5 rings (SSSR count). The third-order valence-electron chi connectivity index (χ3n) is 7.78. The number of hydrogen-bond donors (Lipinski definition) is 4. The number of piperidine rings is 1. The molecule has 0 radical (unpaired) electrons. The lowest BCUT2D eigenvalue weighted by Crippen LogP contribution is -2.62. The Kier molecular flexibility index (Phi) is 7.90. The fraction of sp³-hybridized carbons (Fsp3) is 0.429. The van der Waals surface area contributed by atoms with Gasteiger partial charge in [-0.05, 0) is 37.2 Å². The Morgan fingerprint density at radius 2 is 1.85 bits per heavy atom. The molecule has 0 spiro atoms. The maximum Gasteiger partial charge on any atom is 0.407 e. The third-order valence-corrected chi connectivity index (χ3v) is 7.78. The van der Waals surface area contributed by atoms with Gasteiger partial charge in [0.1, 0.15) is 0 Å². The second kappa shape index (κ2) is 11.5. The number of amides is 2. The molecule has 12 nitrogen and oxygen atoms in total. The number of aromatic nitrogens is 2. The van der Waals surface area contributed by atoms with Crippen LogP contribution in [0.2, 0.25) is 0 Å². The van der Waals surface area contributed by atoms with Crippen LogP contribution in [0.1, 0.15) is 17.4 Å². The zero-order valence-electron chi connectivity index (χ0n) is 23.1. The van der Waals surface area contributed by atoms with Crippen LogP contribution in [-0.4, -0.2) is 92.4 Å². The highest BCUT2D eigenvalue weighted by Crippen LogP contribution is 2.31. The lowest BCUT2D eigenvalue weighted by molar-refractivity contribution is 0.102. The highest BCUT2D eigenvalue weighted by molar-refractivity contribution is 6.09. The van der Waals surface area contributed by atoms with E-state index < -0.39 is 12.0 Å². The fourth-order valence-corrected chi connectivity index (χ4v) is 5.52. The predicted molar refractivity (Wildman–Crippen MR) is 157 cm³/mol. The molecular formula is C28H37N9O3. The van der Waals surface area contributed by atoms with Crippen LogP contribution in [0.4, 0.5) is 27.5 Å². The summed E-state index contributed by atoms with van der Waals surface area (Å²) in [6, 6.07) is 9.13. The van der Waals surface area contributed by atoms with E-state index in [0.717, 1.165) is 42.9 Å². The van der Waals surface area contributed by atoms with E-state index in [2.05, 4.69) is 48.4 Å². The number of benzene rings is 1. The number of alkyl carbamates (subject to hydrolysis) is 1. The van der Waals surface area contributed by atoms with Gasteiger partial charge in [0.05, 0.1) is 41.9 Å². The molecule has 6 N–H and O–H groups in total. The molecule has 0 bridgehead atoms. The molecule has 3 aromatic rings. The van der Waals surface area contributed by atoms with Crippen molar-refractivity contribution in [2.45, 2.75) is 19.0 Å². The number of likely N-dealkylation sites (N-methyl/N-ethyl adjacent to an activating group) is 1. The molecule has 2 fully saturated rings. The van der Waals surface area contributed by atoms with Crippen molar-refractivity contribution in [2.75, 3.05) is 74.3 Å². The first-order chi connectivity index (χ1) is 19.2. The van der Waals surface area contributed by atoms with E-state index in [-0.39, 0.29) is 23.7 Å². The number of fused-ring (bicyclic) bond motifs is 1. The Balaban J connectivity index is 1.36. The van der Waals surface area contributed by atoms with Crippen molar-refractivity contribution < 1.29 is 14.3 Å². The zero-order chi connectivity index (χ0) is 28.4. The highest BCUT2D eigenvalue weighted by atomic mass is 16.5. The van der Waals surface area contributed by atoms with Gasteiger partial charge in [-0.3, -0.25) is 9.78 Å². The molecule has 2 aliphatic rings. The zero-order valence-corrected chi connectivity index (χ0v) is 23.1. The van der Waals surface area contributed by atoms with Gasteiger partial charge in [-0.15, -0.1) is 0 Å². The summed E-state index contributed by atoms with van der Waals surface area (Å²) in [6.45, 7) is 6.97. The van der Waals surface area contributed by atoms with Crippen LogP contribution < -0.4 is 31.9 Å². The fourth-order valence-electron chi connectivity index (χ4n) is 5.52. The molecule has 12 heteroatoms. The number of nitrogen functional groups attached to an aromatic ring is 1. The summed E-state index contributed by atoms with van der Waals surface area (Å²) in [6.07, 6.45) is 2.77. The predicted octanol–water partition coefficient (Wildman–Crippen LogP) is 1.72. The number of nitrogens with one attached hydrogen (secondary N) is 2. The molecular weight excluding hydrogens is 510 g/mol. The Labute approximate surface area is 233 Å². The Bertz CT molecular complexity index is 1380. The van der Waals surface area contributed by atoms with E-state index in [9.17, 15) is 9.59 Å². The minimum atomic E-state index is -0.506. The molecule has 4 heterocycles. The number of anilines is 4. The smallest absolute Gasteiger partial charge is 0.407 e. The number of piperazine rings is 1. The first kappa shape index (κ1) is 27.4. The standard InChI is InChI=1S/C28H37N9O3/c1-17-15-37(16-21(30)25(17)34-28(39)40-3)24-6-7-31-14-23(24)33-27(38)26-20(29)12-18-4-5-19(13-22(18)32-26)36-10-8-35(2)9-11-36/h4-7,12-14,17,21,25H,8-11,15-16,29-30H2,1-3H3,(H,33,38)(H,34,39)/t17-,21+,25-/m0/s1. The van der Waals surface area contributed by atoms with E-state index in [1.165, 1.54) is 7.11 Å². The number of rotatable bonds is 5. The molecule has 2 amide bonds. The summed E-state index contributed by atoms with van der Waals surface area (Å²) in [5.41, 5.74) is 16.3. The number of carbonyl (C=O) groups is 2. The summed E-state index contributed by atoms with van der Waals surface area (Å²) in [5, 5.41) is 6.67. The average molecular weight is 548 g/mol. The number of nitrogens with two attached hydrogens (primary N) is 2. The van der Waals surface area contributed by atoms with Gasteiger partial charge in [0.25, 0.3) is 5.91 Å². The van der Waals surface area contributed by atoms with Crippen molar-refractivity contribution in [1.82, 2.24) is 20.2 Å². The van der Waals surface area contributed by atoms with Crippen molar-refractivity contribution in [2.24, 2.45) is 11.7 Å². The van der Waals surface area contributed by atoms with E-state index in [0.29, 0.717) is 30.0 Å². The molecule has 3 atom stereocenters. The van der Waals surface area contributed by atoms with E-state index in [1.54, 1.807) is 18.5 Å². The second-order valence-electron chi connectivity index (χ2n) is 10.6. The number of carbonyl (C=O) groups excluding carboxylic acids is 2. The molecule has 0 aliphatic carbocycles. The quantitative estimate of drug-likeness (QED) is 0.371. The first-order valence-corrected chi connectivity index (χ1v) is 13.5. The first-order valence-electron chi connectivity index (χ1n) is 13.5. The Hall–Kier alpha value is -4.16. The minimum Gasteiger partial charge on any atom is -0.453 e. The van der Waals surface area contributed by atoms with Crippen molar-refractivity contribution in [1.29, 1.82) is 0 Å². The second-order valence-corrected chi connectivity index (χ2v) is 10.6. The largest absolute Gasteiger partial charge is 0.453 e. The average Bonchev–Trinajstić information content (AvgIpc) is 2.94. The van der Waals surface area contributed by atoms with Gasteiger partial charge in [-0.2, -0.15) is 0 Å². The molecule has 0 unspecified atom stereocenters. The molecule has 1 aromatic carbocycles. The van der Waals surface area contributed by atoms with Gasteiger partial charge in [0, 0.05) is 62.6 Å². The number of ether oxygens (including phenoxy) is 1. The van der Waals surface area contributed by atoms with Gasteiger partial charge < -0.3 is 41.5 Å². The van der Waals surface area contributed by atoms with Crippen molar-refractivity contribution in [3.8, 4) is 0 Å². The maximum atomic E-state index is 13.5. The monoisotopic (exact) mass is 547 g/mol. The number of methoxy groups -OCH3 is 1. The van der Waals surface area contributed by atoms with Crippen LogP contribution in [0.25, 0.3) is 10.9 Å². The highest BCUT2D eigenvalue weighted by Gasteiger charge is 2.34. The van der Waals surface area contributed by atoms with E-state index >= 15 is 0 Å². The number of nitrogens with zero attached hydrogens (tertiary/aromatic N) is 5. The topological polar surface area (TPSA) is 155 Å². The van der Waals surface area contributed by atoms with Gasteiger partial charge in [-0.25, -0.2) is 9.78 Å². The van der Waals surface area contributed by atoms with Crippen LogP contribution in [0, 0.1) is 5.92 Å². The molecule has 40 heavy (non-hydrogen) atoms. The number of hydrogen-bond acceptors (Lipinski definition) is 10. The van der Waals surface area contributed by atoms with Gasteiger partial charge in [-0.1, -0.05) is 13.0 Å². The SMILES string of the molecule is COC(=O)N[C@@H]1[C@H](N)CN(c2ccncc2NC(=O)c2nc3cc(N4CCN(C)CC4)ccc3cc2N)C[C@@H]1C. The Morgan fingerprint density at radius 3 is 2.58 bits per heavy atom.